The molecule has 0 unspecified atom stereocenters. The molecule has 68 heavy (non-hydrogen) atoms. The first-order valence-electron chi connectivity index (χ1n) is 23.3. The monoisotopic (exact) mass is 991 g/mol. The van der Waals surface area contributed by atoms with Crippen molar-refractivity contribution in [3.8, 4) is 11.5 Å². The number of aliphatic carboxylic acids is 1. The lowest BCUT2D eigenvalue weighted by Gasteiger charge is -2.39. The lowest BCUT2D eigenvalue weighted by Crippen LogP contribution is -2.47. The summed E-state index contributed by atoms with van der Waals surface area (Å²) in [6.45, 7) is 11.0. The summed E-state index contributed by atoms with van der Waals surface area (Å²) < 4.78 is 50.6. The molecule has 1 fully saturated rings. The Labute approximate surface area is 410 Å². The maximum absolute atomic E-state index is 14.0. The summed E-state index contributed by atoms with van der Waals surface area (Å²) in [7, 11) is 2.00. The summed E-state index contributed by atoms with van der Waals surface area (Å²) in [4.78, 5) is 39.7. The molecule has 1 aliphatic heterocycles. The summed E-state index contributed by atoms with van der Waals surface area (Å²) in [5, 5.41) is 13.6. The van der Waals surface area contributed by atoms with Crippen LogP contribution in [0.3, 0.4) is 0 Å². The fourth-order valence-electron chi connectivity index (χ4n) is 8.76. The van der Waals surface area contributed by atoms with Crippen LogP contribution in [-0.4, -0.2) is 102 Å². The maximum atomic E-state index is 14.0. The number of carboxylic acids is 1. The number of nitrogens with zero attached hydrogens (tertiary/aromatic N) is 4. The minimum Gasteiger partial charge on any atom is -0.481 e. The second kappa shape index (κ2) is 23.6. The van der Waals surface area contributed by atoms with Gasteiger partial charge in [0.25, 0.3) is 5.91 Å². The SMILES string of the molecule is CN(CCCCCCC(=O)O)CCCNc1ccc(SNC(=O)c2ccc(N3CCN(CC4=C(c5ccc(Cl)cc5)CC(C)(C)CC4)CC3)cc2Oc2cnc3[nH]ccc3c2)cc1SC(F)(F)F. The number of aromatic amines is 1. The summed E-state index contributed by atoms with van der Waals surface area (Å²) in [5.74, 6) is -0.455. The zero-order valence-corrected chi connectivity index (χ0v) is 41.3. The van der Waals surface area contributed by atoms with E-state index in [1.807, 2.05) is 43.4 Å². The lowest BCUT2D eigenvalue weighted by atomic mass is 9.72. The molecule has 2 aromatic heterocycles. The van der Waals surface area contributed by atoms with Gasteiger partial charge in [-0.25, -0.2) is 4.98 Å². The first kappa shape index (κ1) is 51.0. The van der Waals surface area contributed by atoms with Gasteiger partial charge in [0, 0.05) is 89.5 Å². The molecule has 1 amide bonds. The predicted molar refractivity (Wildman–Crippen MR) is 270 cm³/mol. The van der Waals surface area contributed by atoms with Gasteiger partial charge in [-0.1, -0.05) is 56.0 Å². The van der Waals surface area contributed by atoms with E-state index in [9.17, 15) is 22.8 Å². The quantitative estimate of drug-likeness (QED) is 0.0301. The Morgan fingerprint density at radius 3 is 2.49 bits per heavy atom. The normalized spacial score (nSPS) is 15.6. The number of piperazine rings is 1. The molecule has 0 atom stereocenters. The van der Waals surface area contributed by atoms with Crippen molar-refractivity contribution in [3.63, 3.8) is 0 Å². The molecule has 1 aliphatic carbocycles. The van der Waals surface area contributed by atoms with Crippen LogP contribution in [-0.2, 0) is 4.79 Å². The number of fused-ring (bicyclic) bond motifs is 1. The van der Waals surface area contributed by atoms with E-state index in [1.165, 1.54) is 22.8 Å². The first-order chi connectivity index (χ1) is 32.6. The van der Waals surface area contributed by atoms with Crippen molar-refractivity contribution in [2.75, 3.05) is 69.6 Å². The fraction of sp³-hybridized carbons (Fsp3) is 0.431. The minimum absolute atomic E-state index is 0.00833. The van der Waals surface area contributed by atoms with Crippen molar-refractivity contribution in [2.24, 2.45) is 5.41 Å². The number of rotatable bonds is 22. The molecular formula is C51H61ClF3N7O4S2. The second-order valence-electron chi connectivity index (χ2n) is 18.4. The number of ether oxygens (including phenoxy) is 1. The number of carbonyl (C=O) groups excluding carboxylic acids is 1. The average molecular weight is 993 g/mol. The highest BCUT2D eigenvalue weighted by molar-refractivity contribution is 8.00. The Bertz CT molecular complexity index is 2530. The minimum atomic E-state index is -4.52. The fourth-order valence-corrected chi connectivity index (χ4v) is 10.3. The van der Waals surface area contributed by atoms with Crippen LogP contribution in [0.5, 0.6) is 11.5 Å². The van der Waals surface area contributed by atoms with Gasteiger partial charge in [0.15, 0.2) is 0 Å². The number of H-pyrrole nitrogens is 1. The van der Waals surface area contributed by atoms with E-state index >= 15 is 0 Å². The van der Waals surface area contributed by atoms with Gasteiger partial charge in [0.1, 0.15) is 17.1 Å². The van der Waals surface area contributed by atoms with E-state index in [-0.39, 0.29) is 34.1 Å². The number of amides is 1. The van der Waals surface area contributed by atoms with E-state index in [0.717, 1.165) is 119 Å². The van der Waals surface area contributed by atoms with Crippen LogP contribution in [0.15, 0.2) is 101 Å². The van der Waals surface area contributed by atoms with Gasteiger partial charge in [0.05, 0.1) is 11.8 Å². The van der Waals surface area contributed by atoms with Gasteiger partial charge in [-0.3, -0.25) is 19.2 Å². The molecule has 0 saturated carbocycles. The number of carbonyl (C=O) groups is 2. The molecule has 364 valence electrons. The molecular weight excluding hydrogens is 931 g/mol. The number of alkyl halides is 3. The third-order valence-electron chi connectivity index (χ3n) is 12.5. The van der Waals surface area contributed by atoms with Crippen LogP contribution in [0.1, 0.15) is 87.6 Å². The van der Waals surface area contributed by atoms with Crippen LogP contribution in [0, 0.1) is 5.41 Å². The van der Waals surface area contributed by atoms with Crippen molar-refractivity contribution in [2.45, 2.75) is 86.9 Å². The predicted octanol–water partition coefficient (Wildman–Crippen LogP) is 12.6. The van der Waals surface area contributed by atoms with Crippen LogP contribution in [0.2, 0.25) is 5.02 Å². The highest BCUT2D eigenvalue weighted by Crippen LogP contribution is 2.44. The Morgan fingerprint density at radius 2 is 1.72 bits per heavy atom. The van der Waals surface area contributed by atoms with E-state index < -0.39 is 17.4 Å². The number of unbranched alkanes of at least 4 members (excludes halogenated alkanes) is 3. The van der Waals surface area contributed by atoms with Gasteiger partial charge >= 0.3 is 11.5 Å². The molecule has 0 spiro atoms. The third kappa shape index (κ3) is 15.1. The van der Waals surface area contributed by atoms with Crippen molar-refractivity contribution >= 4 is 75.2 Å². The van der Waals surface area contributed by atoms with Crippen LogP contribution in [0.25, 0.3) is 16.6 Å². The van der Waals surface area contributed by atoms with E-state index in [4.69, 9.17) is 21.4 Å². The number of allylic oxidation sites excluding steroid dienone is 1. The Kier molecular flexibility index (Phi) is 17.7. The molecule has 3 aromatic carbocycles. The summed E-state index contributed by atoms with van der Waals surface area (Å²) in [6, 6.07) is 22.2. The number of aromatic nitrogens is 2. The highest BCUT2D eigenvalue weighted by atomic mass is 35.5. The maximum Gasteiger partial charge on any atom is 0.446 e. The average Bonchev–Trinajstić information content (AvgIpc) is 3.77. The largest absolute Gasteiger partial charge is 0.481 e. The number of carboxylic acid groups (broad SMARTS) is 1. The third-order valence-corrected chi connectivity index (χ3v) is 14.3. The zero-order valence-electron chi connectivity index (χ0n) is 38.9. The molecule has 0 bridgehead atoms. The van der Waals surface area contributed by atoms with Gasteiger partial charge in [-0.05, 0) is 154 Å². The summed E-state index contributed by atoms with van der Waals surface area (Å²) in [5.41, 5.74) is 2.13. The number of benzene rings is 3. The van der Waals surface area contributed by atoms with Gasteiger partial charge in [-0.2, -0.15) is 13.2 Å². The Balaban J connectivity index is 0.995. The zero-order chi connectivity index (χ0) is 48.3. The van der Waals surface area contributed by atoms with E-state index in [0.29, 0.717) is 40.7 Å². The number of anilines is 2. The first-order valence-corrected chi connectivity index (χ1v) is 25.3. The van der Waals surface area contributed by atoms with Gasteiger partial charge in [-0.15, -0.1) is 0 Å². The molecule has 17 heteroatoms. The lowest BCUT2D eigenvalue weighted by molar-refractivity contribution is -0.137. The number of nitrogens with one attached hydrogen (secondary N) is 3. The van der Waals surface area contributed by atoms with Gasteiger partial charge in [0.2, 0.25) is 0 Å². The molecule has 5 aromatic rings. The van der Waals surface area contributed by atoms with Crippen LogP contribution in [0.4, 0.5) is 24.5 Å². The molecule has 0 radical (unpaired) electrons. The summed E-state index contributed by atoms with van der Waals surface area (Å²) in [6.07, 6.45) is 11.0. The van der Waals surface area contributed by atoms with Crippen LogP contribution >= 0.6 is 35.3 Å². The van der Waals surface area contributed by atoms with Crippen molar-refractivity contribution in [1.82, 2.24) is 24.5 Å². The van der Waals surface area contributed by atoms with E-state index in [2.05, 4.69) is 60.7 Å². The molecule has 4 N–H and O–H groups in total. The molecule has 7 rings (SSSR count). The van der Waals surface area contributed by atoms with Gasteiger partial charge < -0.3 is 29.9 Å². The summed E-state index contributed by atoms with van der Waals surface area (Å²) >= 11 is 7.00. The molecule has 1 saturated heterocycles. The number of pyridine rings is 1. The number of halogens is 4. The van der Waals surface area contributed by atoms with Crippen molar-refractivity contribution in [3.05, 3.63) is 107 Å². The topological polar surface area (TPSA) is 126 Å². The highest BCUT2D eigenvalue weighted by Gasteiger charge is 2.32. The van der Waals surface area contributed by atoms with E-state index in [1.54, 1.807) is 30.6 Å². The smallest absolute Gasteiger partial charge is 0.446 e. The Hall–Kier alpha value is -4.87. The number of hydrogen-bond donors (Lipinski definition) is 4. The number of hydrogen-bond acceptors (Lipinski definition) is 10. The Morgan fingerprint density at radius 1 is 0.956 bits per heavy atom. The standard InChI is InChI=1S/C51H61ClF3N7O4S2/c1-50(2)20-18-37(43(32-50)35-10-12-38(52)13-11-35)34-61-25-27-62(28-26-61)39-14-16-42(45(30-39)66-40-29-36-19-22-57-48(36)58-33-40)49(65)59-68-41-15-17-44(46(31-41)67-51(53,54)55)56-21-8-24-60(3)23-7-5-4-6-9-47(63)64/h10-17,19,22,29-31,33,56H,4-9,18,20-21,23-28,32,34H2,1-3H3,(H,57,58)(H,59,65)(H,63,64). The molecule has 3 heterocycles. The van der Waals surface area contributed by atoms with Crippen molar-refractivity contribution < 1.29 is 32.6 Å². The number of thioether (sulfide) groups is 1. The second-order valence-corrected chi connectivity index (χ2v) is 20.9. The van der Waals surface area contributed by atoms with Crippen LogP contribution < -0.4 is 19.7 Å². The molecule has 2 aliphatic rings. The molecule has 11 nitrogen and oxygen atoms in total. The van der Waals surface area contributed by atoms with Crippen molar-refractivity contribution in [1.29, 1.82) is 0 Å².